The molecule has 1 fully saturated rings. The molecule has 4 aromatic rings. The van der Waals surface area contributed by atoms with Crippen molar-refractivity contribution in [3.05, 3.63) is 95.1 Å². The second-order valence-electron chi connectivity index (χ2n) is 7.74. The molecular weight excluding hydrogens is 436 g/mol. The minimum absolute atomic E-state index is 0.00705. The Morgan fingerprint density at radius 2 is 1.70 bits per heavy atom. The Bertz CT molecular complexity index is 1390. The molecule has 1 aliphatic heterocycles. The van der Waals surface area contributed by atoms with E-state index in [2.05, 4.69) is 4.98 Å². The summed E-state index contributed by atoms with van der Waals surface area (Å²) in [5, 5.41) is 11.6. The number of para-hydroxylation sites is 2. The maximum absolute atomic E-state index is 13.3. The number of methoxy groups -OCH3 is 1. The van der Waals surface area contributed by atoms with Gasteiger partial charge in [0.1, 0.15) is 17.6 Å². The number of benzene rings is 3. The first-order chi connectivity index (χ1) is 16.0. The molecule has 0 bridgehead atoms. The highest BCUT2D eigenvalue weighted by Crippen LogP contribution is 2.46. The smallest absolute Gasteiger partial charge is 0.301 e. The van der Waals surface area contributed by atoms with Crippen LogP contribution in [0.5, 0.6) is 5.75 Å². The van der Waals surface area contributed by atoms with Gasteiger partial charge in [-0.3, -0.25) is 14.5 Å². The first kappa shape index (κ1) is 20.9. The number of aryl methyl sites for hydroxylation is 1. The highest BCUT2D eigenvalue weighted by atomic mass is 32.1. The van der Waals surface area contributed by atoms with Gasteiger partial charge in [-0.25, -0.2) is 4.98 Å². The van der Waals surface area contributed by atoms with Crippen LogP contribution in [0.25, 0.3) is 16.0 Å². The quantitative estimate of drug-likeness (QED) is 0.258. The van der Waals surface area contributed by atoms with E-state index in [-0.39, 0.29) is 11.3 Å². The minimum atomic E-state index is -0.886. The molecule has 1 atom stereocenters. The number of Topliss-reactive ketones (excluding diaryl/α,β-unsaturated/α-hetero) is 1. The maximum atomic E-state index is 13.3. The van der Waals surface area contributed by atoms with Crippen molar-refractivity contribution >= 4 is 44.1 Å². The molecule has 164 valence electrons. The molecule has 1 amide bonds. The summed E-state index contributed by atoms with van der Waals surface area (Å²) in [4.78, 5) is 32.6. The third kappa shape index (κ3) is 3.47. The number of aliphatic hydroxyl groups is 1. The molecule has 5 rings (SSSR count). The molecule has 0 aliphatic carbocycles. The van der Waals surface area contributed by atoms with Crippen LogP contribution in [0.15, 0.2) is 78.4 Å². The number of carbonyl (C=O) groups excluding carboxylic acids is 2. The zero-order chi connectivity index (χ0) is 23.1. The number of thiazole rings is 1. The van der Waals surface area contributed by atoms with Crippen molar-refractivity contribution in [3.8, 4) is 5.75 Å². The number of nitrogens with zero attached hydrogens (tertiary/aromatic N) is 2. The van der Waals surface area contributed by atoms with Crippen LogP contribution in [-0.2, 0) is 9.59 Å². The SMILES string of the molecule is COc1ccccc1C1/C(=C(/O)c2ccc(C)cc2)C(=O)C(=O)N1c1nc2ccccc2s1. The molecular formula is C26H20N2O4S. The van der Waals surface area contributed by atoms with E-state index in [1.807, 2.05) is 55.5 Å². The number of carbonyl (C=O) groups is 2. The number of anilines is 1. The average molecular weight is 457 g/mol. The van der Waals surface area contributed by atoms with Crippen LogP contribution < -0.4 is 9.64 Å². The lowest BCUT2D eigenvalue weighted by Crippen LogP contribution is -2.29. The molecule has 0 saturated carbocycles. The van der Waals surface area contributed by atoms with E-state index < -0.39 is 17.7 Å². The van der Waals surface area contributed by atoms with Gasteiger partial charge in [-0.15, -0.1) is 0 Å². The lowest BCUT2D eigenvalue weighted by molar-refractivity contribution is -0.132. The first-order valence-electron chi connectivity index (χ1n) is 10.4. The number of hydrogen-bond donors (Lipinski definition) is 1. The molecule has 3 aromatic carbocycles. The van der Waals surface area contributed by atoms with Gasteiger partial charge in [0.05, 0.1) is 22.9 Å². The number of hydrogen-bond acceptors (Lipinski definition) is 6. The van der Waals surface area contributed by atoms with Gasteiger partial charge in [-0.1, -0.05) is 71.5 Å². The number of ketones is 1. The second-order valence-corrected chi connectivity index (χ2v) is 8.75. The third-order valence-electron chi connectivity index (χ3n) is 5.69. The first-order valence-corrected chi connectivity index (χ1v) is 11.2. The van der Waals surface area contributed by atoms with E-state index >= 15 is 0 Å². The Morgan fingerprint density at radius 3 is 2.42 bits per heavy atom. The summed E-state index contributed by atoms with van der Waals surface area (Å²) in [5.74, 6) is -1.22. The lowest BCUT2D eigenvalue weighted by atomic mass is 9.94. The van der Waals surface area contributed by atoms with Crippen LogP contribution in [0.3, 0.4) is 0 Å². The molecule has 2 heterocycles. The zero-order valence-electron chi connectivity index (χ0n) is 18.0. The van der Waals surface area contributed by atoms with Gasteiger partial charge in [-0.2, -0.15) is 0 Å². The molecule has 1 N–H and O–H groups in total. The molecule has 0 spiro atoms. The van der Waals surface area contributed by atoms with Gasteiger partial charge >= 0.3 is 5.91 Å². The van der Waals surface area contributed by atoms with Crippen LogP contribution in [0.1, 0.15) is 22.7 Å². The number of rotatable bonds is 4. The summed E-state index contributed by atoms with van der Waals surface area (Å²) in [5.41, 5.74) is 2.81. The van der Waals surface area contributed by atoms with Crippen molar-refractivity contribution in [3.63, 3.8) is 0 Å². The van der Waals surface area contributed by atoms with Gasteiger partial charge in [0.2, 0.25) is 0 Å². The van der Waals surface area contributed by atoms with Crippen molar-refractivity contribution in [2.24, 2.45) is 0 Å². The van der Waals surface area contributed by atoms with Crippen LogP contribution in [0.4, 0.5) is 5.13 Å². The van der Waals surface area contributed by atoms with Crippen molar-refractivity contribution < 1.29 is 19.4 Å². The summed E-state index contributed by atoms with van der Waals surface area (Å²) < 4.78 is 6.45. The molecule has 1 aromatic heterocycles. The Labute approximate surface area is 194 Å². The highest BCUT2D eigenvalue weighted by molar-refractivity contribution is 7.22. The molecule has 1 saturated heterocycles. The summed E-state index contributed by atoms with van der Waals surface area (Å²) in [6, 6.07) is 21.0. The number of fused-ring (bicyclic) bond motifs is 1. The number of aromatic nitrogens is 1. The predicted octanol–water partition coefficient (Wildman–Crippen LogP) is 5.24. The second kappa shape index (κ2) is 8.18. The fourth-order valence-corrected chi connectivity index (χ4v) is 5.04. The highest BCUT2D eigenvalue weighted by Gasteiger charge is 2.49. The Morgan fingerprint density at radius 1 is 1.00 bits per heavy atom. The maximum Gasteiger partial charge on any atom is 0.301 e. The van der Waals surface area contributed by atoms with E-state index in [4.69, 9.17) is 4.74 Å². The predicted molar refractivity (Wildman–Crippen MR) is 129 cm³/mol. The van der Waals surface area contributed by atoms with Crippen molar-refractivity contribution in [2.45, 2.75) is 13.0 Å². The van der Waals surface area contributed by atoms with Crippen molar-refractivity contribution in [1.82, 2.24) is 4.98 Å². The van der Waals surface area contributed by atoms with E-state index in [0.29, 0.717) is 22.0 Å². The fourth-order valence-electron chi connectivity index (χ4n) is 4.05. The summed E-state index contributed by atoms with van der Waals surface area (Å²) in [6.07, 6.45) is 0. The summed E-state index contributed by atoms with van der Waals surface area (Å²) in [7, 11) is 1.53. The molecule has 1 aliphatic rings. The largest absolute Gasteiger partial charge is 0.507 e. The van der Waals surface area contributed by atoms with E-state index in [1.54, 1.807) is 24.3 Å². The summed E-state index contributed by atoms with van der Waals surface area (Å²) in [6.45, 7) is 1.94. The normalized spacial score (nSPS) is 17.6. The van der Waals surface area contributed by atoms with Gasteiger partial charge in [0.15, 0.2) is 5.13 Å². The van der Waals surface area contributed by atoms with E-state index in [0.717, 1.165) is 15.8 Å². The fraction of sp³-hybridized carbons (Fsp3) is 0.115. The van der Waals surface area contributed by atoms with Crippen LogP contribution in [0, 0.1) is 6.92 Å². The van der Waals surface area contributed by atoms with Gasteiger partial charge in [0, 0.05) is 11.1 Å². The monoisotopic (exact) mass is 456 g/mol. The van der Waals surface area contributed by atoms with Crippen molar-refractivity contribution in [2.75, 3.05) is 12.0 Å². The number of amides is 1. The van der Waals surface area contributed by atoms with E-state index in [1.165, 1.54) is 23.3 Å². The van der Waals surface area contributed by atoms with Crippen LogP contribution in [-0.4, -0.2) is 28.9 Å². The Hall–Kier alpha value is -3.97. The Kier molecular flexibility index (Phi) is 5.18. The van der Waals surface area contributed by atoms with E-state index in [9.17, 15) is 14.7 Å². The Balaban J connectivity index is 1.76. The molecule has 6 nitrogen and oxygen atoms in total. The molecule has 33 heavy (non-hydrogen) atoms. The van der Waals surface area contributed by atoms with Gasteiger partial charge in [-0.05, 0) is 25.1 Å². The van der Waals surface area contributed by atoms with Gasteiger partial charge < -0.3 is 9.84 Å². The minimum Gasteiger partial charge on any atom is -0.507 e. The van der Waals surface area contributed by atoms with Crippen LogP contribution >= 0.6 is 11.3 Å². The molecule has 1 unspecified atom stereocenters. The van der Waals surface area contributed by atoms with Crippen molar-refractivity contribution in [1.29, 1.82) is 0 Å². The zero-order valence-corrected chi connectivity index (χ0v) is 18.8. The standard InChI is InChI=1S/C26H20N2O4S/c1-15-11-13-16(14-12-15)23(29)21-22(17-7-3-5-9-19(17)32-2)28(25(31)24(21)30)26-27-18-8-4-6-10-20(18)33-26/h3-14,22,29H,1-2H3/b23-21-. The summed E-state index contributed by atoms with van der Waals surface area (Å²) >= 11 is 1.32. The molecule has 0 radical (unpaired) electrons. The molecule has 7 heteroatoms. The topological polar surface area (TPSA) is 79.7 Å². The average Bonchev–Trinajstić information content (AvgIpc) is 3.37. The lowest BCUT2D eigenvalue weighted by Gasteiger charge is -2.24. The number of aliphatic hydroxyl groups excluding tert-OH is 1. The third-order valence-corrected chi connectivity index (χ3v) is 6.73. The number of ether oxygens (including phenoxy) is 1. The van der Waals surface area contributed by atoms with Gasteiger partial charge in [0.25, 0.3) is 5.78 Å². The van der Waals surface area contributed by atoms with Crippen LogP contribution in [0.2, 0.25) is 0 Å².